The van der Waals surface area contributed by atoms with Gasteiger partial charge in [-0.2, -0.15) is 0 Å². The Kier molecular flexibility index (Phi) is 5.65. The maximum atomic E-state index is 14.0. The summed E-state index contributed by atoms with van der Waals surface area (Å²) >= 11 is 0. The highest BCUT2D eigenvalue weighted by molar-refractivity contribution is 5.51. The van der Waals surface area contributed by atoms with Gasteiger partial charge in [-0.25, -0.2) is 13.8 Å². The second-order valence-electron chi connectivity index (χ2n) is 7.32. The van der Waals surface area contributed by atoms with Crippen molar-refractivity contribution in [3.8, 4) is 17.6 Å². The molecule has 0 amide bonds. The van der Waals surface area contributed by atoms with E-state index in [1.807, 2.05) is 0 Å². The number of nitrogen functional groups attached to an aromatic ring is 1. The Morgan fingerprint density at radius 3 is 3.03 bits per heavy atom. The molecule has 152 valence electrons. The topological polar surface area (TPSA) is 66.6 Å². The van der Waals surface area contributed by atoms with E-state index in [1.165, 1.54) is 0 Å². The molecule has 0 saturated carbocycles. The summed E-state index contributed by atoms with van der Waals surface area (Å²) in [6.45, 7) is 3.02. The largest absolute Gasteiger partial charge is 0.482 e. The summed E-state index contributed by atoms with van der Waals surface area (Å²) in [5, 5.41) is 0. The SMILES string of the molecule is C[C@@H](Oc1cc(C#CCC2COC3OCCC23)cnc1N)c1cc(F)ccc1F. The number of hydrogen-bond donors (Lipinski definition) is 1. The number of hydrogen-bond acceptors (Lipinski definition) is 5. The molecule has 2 aromatic rings. The van der Waals surface area contributed by atoms with Gasteiger partial charge < -0.3 is 19.9 Å². The van der Waals surface area contributed by atoms with E-state index in [9.17, 15) is 8.78 Å². The molecule has 1 aromatic heterocycles. The maximum Gasteiger partial charge on any atom is 0.166 e. The first-order chi connectivity index (χ1) is 14.0. The van der Waals surface area contributed by atoms with Crippen molar-refractivity contribution in [2.75, 3.05) is 18.9 Å². The fourth-order valence-corrected chi connectivity index (χ4v) is 3.74. The Morgan fingerprint density at radius 1 is 1.31 bits per heavy atom. The minimum Gasteiger partial charge on any atom is -0.482 e. The summed E-state index contributed by atoms with van der Waals surface area (Å²) in [6.07, 6.45) is 2.45. The molecule has 4 atom stereocenters. The van der Waals surface area contributed by atoms with Crippen molar-refractivity contribution < 1.29 is 23.0 Å². The van der Waals surface area contributed by atoms with E-state index in [-0.39, 0.29) is 23.4 Å². The molecule has 2 aliphatic rings. The second kappa shape index (κ2) is 8.36. The van der Waals surface area contributed by atoms with E-state index in [0.29, 0.717) is 30.4 Å². The van der Waals surface area contributed by atoms with Crippen LogP contribution in [0.4, 0.5) is 14.6 Å². The molecular weight excluding hydrogens is 378 g/mol. The van der Waals surface area contributed by atoms with Gasteiger partial charge in [0.05, 0.1) is 13.2 Å². The summed E-state index contributed by atoms with van der Waals surface area (Å²) in [4.78, 5) is 4.11. The van der Waals surface area contributed by atoms with Crippen LogP contribution in [-0.2, 0) is 9.47 Å². The number of aromatic nitrogens is 1. The van der Waals surface area contributed by atoms with E-state index >= 15 is 0 Å². The number of fused-ring (bicyclic) bond motifs is 1. The number of pyridine rings is 1. The van der Waals surface area contributed by atoms with Crippen LogP contribution in [-0.4, -0.2) is 24.5 Å². The zero-order chi connectivity index (χ0) is 20.4. The lowest BCUT2D eigenvalue weighted by atomic mass is 9.91. The monoisotopic (exact) mass is 400 g/mol. The Bertz CT molecular complexity index is 957. The van der Waals surface area contributed by atoms with E-state index in [1.54, 1.807) is 19.2 Å². The third kappa shape index (κ3) is 4.34. The zero-order valence-electron chi connectivity index (χ0n) is 16.0. The van der Waals surface area contributed by atoms with E-state index in [4.69, 9.17) is 19.9 Å². The van der Waals surface area contributed by atoms with Gasteiger partial charge in [0.15, 0.2) is 17.9 Å². The zero-order valence-corrected chi connectivity index (χ0v) is 16.0. The van der Waals surface area contributed by atoms with Crippen molar-refractivity contribution in [3.63, 3.8) is 0 Å². The highest BCUT2D eigenvalue weighted by Gasteiger charge is 2.40. The molecule has 4 rings (SSSR count). The lowest BCUT2D eigenvalue weighted by Crippen LogP contribution is -2.14. The van der Waals surface area contributed by atoms with Crippen molar-refractivity contribution in [2.24, 2.45) is 11.8 Å². The summed E-state index contributed by atoms with van der Waals surface area (Å²) < 4.78 is 44.3. The number of anilines is 1. The molecule has 2 saturated heterocycles. The van der Waals surface area contributed by atoms with Crippen LogP contribution in [0.3, 0.4) is 0 Å². The minimum atomic E-state index is -0.743. The first kappa shape index (κ1) is 19.6. The van der Waals surface area contributed by atoms with Crippen molar-refractivity contribution in [3.05, 3.63) is 53.2 Å². The molecule has 0 aliphatic carbocycles. The third-order valence-electron chi connectivity index (χ3n) is 5.34. The summed E-state index contributed by atoms with van der Waals surface area (Å²) in [5.41, 5.74) is 6.63. The lowest BCUT2D eigenvalue weighted by Gasteiger charge is -2.17. The molecule has 3 unspecified atom stereocenters. The number of benzene rings is 1. The predicted molar refractivity (Wildman–Crippen MR) is 103 cm³/mol. The van der Waals surface area contributed by atoms with Crippen LogP contribution in [0.25, 0.3) is 0 Å². The van der Waals surface area contributed by atoms with Gasteiger partial charge in [0.25, 0.3) is 0 Å². The average Bonchev–Trinajstić information content (AvgIpc) is 3.31. The Morgan fingerprint density at radius 2 is 2.17 bits per heavy atom. The van der Waals surface area contributed by atoms with Gasteiger partial charge >= 0.3 is 0 Å². The van der Waals surface area contributed by atoms with Gasteiger partial charge in [0.1, 0.15) is 17.7 Å². The van der Waals surface area contributed by atoms with E-state index in [2.05, 4.69) is 16.8 Å². The Balaban J connectivity index is 1.45. The van der Waals surface area contributed by atoms with Gasteiger partial charge in [-0.1, -0.05) is 11.8 Å². The molecule has 3 heterocycles. The van der Waals surface area contributed by atoms with Gasteiger partial charge in [-0.15, -0.1) is 0 Å². The molecule has 2 fully saturated rings. The smallest absolute Gasteiger partial charge is 0.166 e. The quantitative estimate of drug-likeness (QED) is 0.790. The third-order valence-corrected chi connectivity index (χ3v) is 5.34. The summed E-state index contributed by atoms with van der Waals surface area (Å²) in [7, 11) is 0. The molecule has 2 N–H and O–H groups in total. The Hall–Kier alpha value is -2.69. The standard InChI is InChI=1S/C22H22F2N2O3/c1-13(18-10-16(23)5-6-19(18)24)29-20-9-14(11-26-21(20)25)3-2-4-15-12-28-22-17(15)7-8-27-22/h5-6,9-11,13,15,17,22H,4,7-8,12H2,1H3,(H2,25,26)/t13-,15?,17?,22?/m1/s1. The predicted octanol–water partition coefficient (Wildman–Crippen LogP) is 3.83. The maximum absolute atomic E-state index is 14.0. The summed E-state index contributed by atoms with van der Waals surface area (Å²) in [5.74, 6) is 6.38. The molecule has 1 aromatic carbocycles. The summed E-state index contributed by atoms with van der Waals surface area (Å²) in [6, 6.07) is 4.90. The molecule has 0 bridgehead atoms. The number of rotatable bonds is 4. The van der Waals surface area contributed by atoms with Crippen LogP contribution in [0.2, 0.25) is 0 Å². The fourth-order valence-electron chi connectivity index (χ4n) is 3.74. The Labute approximate surface area is 168 Å². The van der Waals surface area contributed by atoms with Crippen LogP contribution < -0.4 is 10.5 Å². The molecule has 2 aliphatic heterocycles. The molecule has 0 spiro atoms. The number of ether oxygens (including phenoxy) is 3. The van der Waals surface area contributed by atoms with Gasteiger partial charge in [0, 0.05) is 41.6 Å². The molecule has 29 heavy (non-hydrogen) atoms. The van der Waals surface area contributed by atoms with Gasteiger partial charge in [-0.3, -0.25) is 0 Å². The number of nitrogens with two attached hydrogens (primary N) is 1. The van der Waals surface area contributed by atoms with Crippen LogP contribution in [0.15, 0.2) is 30.5 Å². The first-order valence-electron chi connectivity index (χ1n) is 9.60. The molecular formula is C22H22F2N2O3. The van der Waals surface area contributed by atoms with Gasteiger partial charge in [-0.05, 0) is 31.5 Å². The van der Waals surface area contributed by atoms with Crippen molar-refractivity contribution >= 4 is 5.82 Å². The normalized spacial score (nSPS) is 23.9. The highest BCUT2D eigenvalue weighted by atomic mass is 19.1. The number of halogens is 2. The van der Waals surface area contributed by atoms with Crippen molar-refractivity contribution in [1.82, 2.24) is 4.98 Å². The minimum absolute atomic E-state index is 0.0790. The van der Waals surface area contributed by atoms with Crippen LogP contribution in [0, 0.1) is 35.3 Å². The van der Waals surface area contributed by atoms with Crippen LogP contribution >= 0.6 is 0 Å². The van der Waals surface area contributed by atoms with Gasteiger partial charge in [0.2, 0.25) is 0 Å². The highest BCUT2D eigenvalue weighted by Crippen LogP contribution is 2.37. The number of nitrogens with zero attached hydrogens (tertiary/aromatic N) is 1. The van der Waals surface area contributed by atoms with Crippen LogP contribution in [0.1, 0.15) is 37.0 Å². The second-order valence-corrected chi connectivity index (χ2v) is 7.32. The van der Waals surface area contributed by atoms with Crippen molar-refractivity contribution in [1.29, 1.82) is 0 Å². The first-order valence-corrected chi connectivity index (χ1v) is 9.60. The average molecular weight is 400 g/mol. The molecule has 5 nitrogen and oxygen atoms in total. The molecule has 0 radical (unpaired) electrons. The van der Waals surface area contributed by atoms with Crippen LogP contribution in [0.5, 0.6) is 5.75 Å². The molecule has 7 heteroatoms. The van der Waals surface area contributed by atoms with E-state index < -0.39 is 17.7 Å². The van der Waals surface area contributed by atoms with E-state index in [0.717, 1.165) is 31.2 Å². The lowest BCUT2D eigenvalue weighted by molar-refractivity contribution is -0.0905. The fraction of sp³-hybridized carbons (Fsp3) is 0.409. The van der Waals surface area contributed by atoms with Crippen molar-refractivity contribution in [2.45, 2.75) is 32.2 Å².